The van der Waals surface area contributed by atoms with Crippen molar-refractivity contribution in [3.05, 3.63) is 87.7 Å². The lowest BCUT2D eigenvalue weighted by atomic mass is 9.82. The number of carbonyl (C=O) groups is 1. The van der Waals surface area contributed by atoms with Gasteiger partial charge in [0.2, 0.25) is 34.8 Å². The second-order valence-corrected chi connectivity index (χ2v) is 6.42. The van der Waals surface area contributed by atoms with Gasteiger partial charge in [0.1, 0.15) is 11.9 Å². The molecular formula is C20H8F5NO3. The largest absolute Gasteiger partial charge is 0.450 e. The van der Waals surface area contributed by atoms with Gasteiger partial charge in [0, 0.05) is 11.1 Å². The second-order valence-electron chi connectivity index (χ2n) is 6.42. The molecule has 1 unspecified atom stereocenters. The molecule has 9 heteroatoms. The highest BCUT2D eigenvalue weighted by Crippen LogP contribution is 2.49. The summed E-state index contributed by atoms with van der Waals surface area (Å²) in [5.41, 5.74) is 4.20. The van der Waals surface area contributed by atoms with Gasteiger partial charge in [-0.25, -0.2) is 13.2 Å². The lowest BCUT2D eigenvalue weighted by Crippen LogP contribution is -2.19. The standard InChI is InChI=1S/C20H8F5NO3/c21-13-14(22)16(24)20(17(25)15(13)23)28-10-6-5-9-11-12(10)18(27)7-3-1-2-4-8(7)19(11)29-26-9/h1-6,19,26H. The van der Waals surface area contributed by atoms with E-state index in [1.165, 1.54) is 18.2 Å². The smallest absolute Gasteiger partial charge is 0.207 e. The van der Waals surface area contributed by atoms with Crippen LogP contribution in [-0.4, -0.2) is 5.78 Å². The Morgan fingerprint density at radius 3 is 2.24 bits per heavy atom. The molecule has 0 fully saturated rings. The summed E-state index contributed by atoms with van der Waals surface area (Å²) in [4.78, 5) is 18.6. The first-order chi connectivity index (χ1) is 13.9. The van der Waals surface area contributed by atoms with Crippen LogP contribution in [0.4, 0.5) is 27.6 Å². The zero-order valence-electron chi connectivity index (χ0n) is 14.2. The predicted molar refractivity (Wildman–Crippen MR) is 89.2 cm³/mol. The maximum atomic E-state index is 14.1. The summed E-state index contributed by atoms with van der Waals surface area (Å²) in [6.45, 7) is 0. The number of nitrogens with one attached hydrogen (secondary N) is 1. The van der Waals surface area contributed by atoms with Crippen LogP contribution in [0.2, 0.25) is 0 Å². The van der Waals surface area contributed by atoms with Gasteiger partial charge in [0.05, 0.1) is 11.3 Å². The number of halogens is 5. The Morgan fingerprint density at radius 2 is 1.52 bits per heavy atom. The Bertz CT molecular complexity index is 1200. The molecule has 2 aliphatic rings. The van der Waals surface area contributed by atoms with E-state index in [9.17, 15) is 26.7 Å². The van der Waals surface area contributed by atoms with Crippen LogP contribution < -0.4 is 10.2 Å². The second kappa shape index (κ2) is 6.02. The molecule has 5 rings (SSSR count). The lowest BCUT2D eigenvalue weighted by Gasteiger charge is -2.23. The van der Waals surface area contributed by atoms with E-state index < -0.39 is 46.7 Å². The monoisotopic (exact) mass is 405 g/mol. The van der Waals surface area contributed by atoms with E-state index in [0.29, 0.717) is 16.8 Å². The van der Waals surface area contributed by atoms with E-state index >= 15 is 0 Å². The average Bonchev–Trinajstić information content (AvgIpc) is 3.17. The molecule has 1 atom stereocenters. The molecule has 0 spiro atoms. The summed E-state index contributed by atoms with van der Waals surface area (Å²) in [7, 11) is 0. The molecule has 0 saturated carbocycles. The van der Waals surface area contributed by atoms with Gasteiger partial charge in [-0.15, -0.1) is 0 Å². The van der Waals surface area contributed by atoms with Crippen molar-refractivity contribution in [3.63, 3.8) is 0 Å². The quantitative estimate of drug-likeness (QED) is 0.363. The third-order valence-electron chi connectivity index (χ3n) is 4.85. The van der Waals surface area contributed by atoms with Crippen LogP contribution in [0.25, 0.3) is 0 Å². The number of hydrogen-bond donors (Lipinski definition) is 1. The third-order valence-corrected chi connectivity index (χ3v) is 4.85. The lowest BCUT2D eigenvalue weighted by molar-refractivity contribution is 0.100. The zero-order chi connectivity index (χ0) is 20.4. The average molecular weight is 405 g/mol. The molecule has 1 aliphatic carbocycles. The van der Waals surface area contributed by atoms with Crippen LogP contribution in [-0.2, 0) is 4.84 Å². The molecule has 146 valence electrons. The molecule has 1 heterocycles. The van der Waals surface area contributed by atoms with E-state index in [2.05, 4.69) is 5.48 Å². The van der Waals surface area contributed by atoms with Crippen LogP contribution in [0.3, 0.4) is 0 Å². The zero-order valence-corrected chi connectivity index (χ0v) is 14.2. The number of benzene rings is 3. The van der Waals surface area contributed by atoms with Gasteiger partial charge in [-0.3, -0.25) is 15.1 Å². The van der Waals surface area contributed by atoms with Gasteiger partial charge in [-0.1, -0.05) is 24.3 Å². The van der Waals surface area contributed by atoms with Crippen LogP contribution in [0, 0.1) is 29.1 Å². The molecule has 0 saturated heterocycles. The first-order valence-electron chi connectivity index (χ1n) is 8.31. The number of ketones is 1. The van der Waals surface area contributed by atoms with Crippen molar-refractivity contribution >= 4 is 11.5 Å². The molecule has 0 amide bonds. The van der Waals surface area contributed by atoms with Crippen molar-refractivity contribution in [3.8, 4) is 11.5 Å². The van der Waals surface area contributed by atoms with Gasteiger partial charge in [0.25, 0.3) is 0 Å². The van der Waals surface area contributed by atoms with E-state index in [1.54, 1.807) is 18.2 Å². The maximum absolute atomic E-state index is 14.1. The van der Waals surface area contributed by atoms with Crippen molar-refractivity contribution in [2.24, 2.45) is 0 Å². The minimum atomic E-state index is -2.30. The Balaban J connectivity index is 1.71. The molecule has 0 bridgehead atoms. The number of hydrogen-bond acceptors (Lipinski definition) is 4. The molecule has 1 aliphatic heterocycles. The van der Waals surface area contributed by atoms with Gasteiger partial charge in [-0.05, 0) is 17.7 Å². The van der Waals surface area contributed by atoms with Gasteiger partial charge < -0.3 is 4.74 Å². The van der Waals surface area contributed by atoms with E-state index in [4.69, 9.17) is 9.57 Å². The number of fused-ring (bicyclic) bond motifs is 2. The molecular weight excluding hydrogens is 397 g/mol. The maximum Gasteiger partial charge on any atom is 0.207 e. The van der Waals surface area contributed by atoms with E-state index in [0.717, 1.165) is 0 Å². The van der Waals surface area contributed by atoms with Crippen LogP contribution >= 0.6 is 0 Å². The molecule has 0 radical (unpaired) electrons. The highest BCUT2D eigenvalue weighted by Gasteiger charge is 2.40. The highest BCUT2D eigenvalue weighted by molar-refractivity contribution is 6.15. The van der Waals surface area contributed by atoms with Gasteiger partial charge in [0.15, 0.2) is 5.78 Å². The minimum Gasteiger partial charge on any atom is -0.450 e. The summed E-state index contributed by atoms with van der Waals surface area (Å²) in [6.07, 6.45) is -0.700. The molecule has 4 nitrogen and oxygen atoms in total. The van der Waals surface area contributed by atoms with Crippen molar-refractivity contribution < 1.29 is 36.3 Å². The van der Waals surface area contributed by atoms with E-state index in [1.807, 2.05) is 0 Å². The molecule has 0 aromatic heterocycles. The Morgan fingerprint density at radius 1 is 0.862 bits per heavy atom. The summed E-state index contributed by atoms with van der Waals surface area (Å²) >= 11 is 0. The Kier molecular flexibility index (Phi) is 3.66. The van der Waals surface area contributed by atoms with E-state index in [-0.39, 0.29) is 16.9 Å². The van der Waals surface area contributed by atoms with Crippen LogP contribution in [0.5, 0.6) is 11.5 Å². The molecule has 3 aromatic rings. The van der Waals surface area contributed by atoms with Crippen molar-refractivity contribution in [2.75, 3.05) is 5.48 Å². The topological polar surface area (TPSA) is 47.6 Å². The minimum absolute atomic E-state index is 0.0832. The first-order valence-corrected chi connectivity index (χ1v) is 8.31. The fourth-order valence-corrected chi connectivity index (χ4v) is 3.53. The Labute approximate surface area is 159 Å². The summed E-state index contributed by atoms with van der Waals surface area (Å²) in [5.74, 6) is -13.2. The molecule has 3 aromatic carbocycles. The molecule has 1 N–H and O–H groups in total. The van der Waals surface area contributed by atoms with Crippen molar-refractivity contribution in [1.29, 1.82) is 0 Å². The number of carbonyl (C=O) groups excluding carboxylic acids is 1. The SMILES string of the molecule is O=C1c2ccccc2C2ONc3ccc(Oc4c(F)c(F)c(F)c(F)c4F)c1c32. The number of ether oxygens (including phenoxy) is 1. The van der Waals surface area contributed by atoms with Crippen molar-refractivity contribution in [1.82, 2.24) is 0 Å². The number of rotatable bonds is 2. The number of anilines is 1. The fourth-order valence-electron chi connectivity index (χ4n) is 3.53. The van der Waals surface area contributed by atoms with Crippen molar-refractivity contribution in [2.45, 2.75) is 6.10 Å². The summed E-state index contributed by atoms with van der Waals surface area (Å²) in [6, 6.07) is 9.18. The van der Waals surface area contributed by atoms with Crippen LogP contribution in [0.15, 0.2) is 36.4 Å². The summed E-state index contributed by atoms with van der Waals surface area (Å²) in [5, 5.41) is 0. The van der Waals surface area contributed by atoms with Crippen LogP contribution in [0.1, 0.15) is 33.2 Å². The normalized spacial score (nSPS) is 16.3. The fraction of sp³-hybridized carbons (Fsp3) is 0.0500. The highest BCUT2D eigenvalue weighted by atomic mass is 19.2. The predicted octanol–water partition coefficient (Wildman–Crippen LogP) is 5.17. The summed E-state index contributed by atoms with van der Waals surface area (Å²) < 4.78 is 73.5. The third kappa shape index (κ3) is 2.31. The van der Waals surface area contributed by atoms with Gasteiger partial charge >= 0.3 is 0 Å². The Hall–Kier alpha value is -3.46. The van der Waals surface area contributed by atoms with Gasteiger partial charge in [-0.2, -0.15) is 8.78 Å². The first kappa shape index (κ1) is 17.6. The molecule has 29 heavy (non-hydrogen) atoms.